The number of pyridine rings is 1. The van der Waals surface area contributed by atoms with Crippen LogP contribution in [0.2, 0.25) is 0 Å². The summed E-state index contributed by atoms with van der Waals surface area (Å²) < 4.78 is 1.56. The SMILES string of the molecule is CC(C)(C)c1cc(NC(=O)CN2C(=O)NC3(CCCCC3)C2=O)n(-c2ccccn2)n1. The number of carbonyl (C=O) groups excluding carboxylic acids is 3. The predicted molar refractivity (Wildman–Crippen MR) is 115 cm³/mol. The second kappa shape index (κ2) is 7.79. The van der Waals surface area contributed by atoms with E-state index in [4.69, 9.17) is 0 Å². The van der Waals surface area contributed by atoms with Crippen molar-refractivity contribution in [2.75, 3.05) is 11.9 Å². The summed E-state index contributed by atoms with van der Waals surface area (Å²) in [4.78, 5) is 43.6. The first-order valence-corrected chi connectivity index (χ1v) is 10.7. The van der Waals surface area contributed by atoms with Crippen molar-refractivity contribution >= 4 is 23.7 Å². The van der Waals surface area contributed by atoms with E-state index >= 15 is 0 Å². The molecule has 2 fully saturated rings. The van der Waals surface area contributed by atoms with E-state index in [0.29, 0.717) is 24.5 Å². The van der Waals surface area contributed by atoms with E-state index in [2.05, 4.69) is 20.7 Å². The molecule has 31 heavy (non-hydrogen) atoms. The minimum Gasteiger partial charge on any atom is -0.323 e. The van der Waals surface area contributed by atoms with E-state index in [-0.39, 0.29) is 17.9 Å². The molecular weight excluding hydrogens is 396 g/mol. The second-order valence-electron chi connectivity index (χ2n) is 9.28. The molecule has 4 rings (SSSR count). The molecule has 2 aliphatic rings. The van der Waals surface area contributed by atoms with Gasteiger partial charge in [0.15, 0.2) is 5.82 Å². The third kappa shape index (κ3) is 4.04. The summed E-state index contributed by atoms with van der Waals surface area (Å²) in [6, 6.07) is 6.72. The Hall–Kier alpha value is -3.23. The van der Waals surface area contributed by atoms with Crippen LogP contribution in [0.3, 0.4) is 0 Å². The highest BCUT2D eigenvalue weighted by Crippen LogP contribution is 2.33. The lowest BCUT2D eigenvalue weighted by Crippen LogP contribution is -2.48. The molecule has 2 aromatic heterocycles. The highest BCUT2D eigenvalue weighted by atomic mass is 16.2. The number of nitrogens with zero attached hydrogens (tertiary/aromatic N) is 4. The Bertz CT molecular complexity index is 1000. The van der Waals surface area contributed by atoms with Gasteiger partial charge in [-0.1, -0.05) is 46.1 Å². The van der Waals surface area contributed by atoms with Crippen LogP contribution in [0.4, 0.5) is 10.6 Å². The zero-order valence-electron chi connectivity index (χ0n) is 18.1. The molecule has 0 aromatic carbocycles. The Balaban J connectivity index is 1.54. The lowest BCUT2D eigenvalue weighted by molar-refractivity contribution is -0.134. The molecule has 0 atom stereocenters. The fraction of sp³-hybridized carbons (Fsp3) is 0.500. The fourth-order valence-corrected chi connectivity index (χ4v) is 4.13. The Morgan fingerprint density at radius 1 is 1.19 bits per heavy atom. The summed E-state index contributed by atoms with van der Waals surface area (Å²) in [5.41, 5.74) is -0.299. The first kappa shape index (κ1) is 21.0. The maximum Gasteiger partial charge on any atom is 0.325 e. The summed E-state index contributed by atoms with van der Waals surface area (Å²) in [7, 11) is 0. The fourth-order valence-electron chi connectivity index (χ4n) is 4.13. The highest BCUT2D eigenvalue weighted by molar-refractivity contribution is 6.10. The number of amides is 4. The average Bonchev–Trinajstić information content (AvgIpc) is 3.25. The normalized spacial score (nSPS) is 18.4. The maximum absolute atomic E-state index is 12.9. The molecule has 9 heteroatoms. The molecule has 4 amide bonds. The number of carbonyl (C=O) groups is 3. The third-order valence-electron chi connectivity index (χ3n) is 5.87. The molecule has 164 valence electrons. The van der Waals surface area contributed by atoms with Crippen LogP contribution >= 0.6 is 0 Å². The van der Waals surface area contributed by atoms with Gasteiger partial charge in [0, 0.05) is 17.7 Å². The summed E-state index contributed by atoms with van der Waals surface area (Å²) in [6.45, 7) is 5.74. The average molecular weight is 425 g/mol. The van der Waals surface area contributed by atoms with Crippen molar-refractivity contribution in [2.45, 2.75) is 63.8 Å². The van der Waals surface area contributed by atoms with Gasteiger partial charge in [-0.15, -0.1) is 0 Å². The van der Waals surface area contributed by atoms with Gasteiger partial charge in [-0.05, 0) is 25.0 Å². The van der Waals surface area contributed by atoms with Crippen LogP contribution < -0.4 is 10.6 Å². The van der Waals surface area contributed by atoms with Gasteiger partial charge in [-0.3, -0.25) is 14.5 Å². The van der Waals surface area contributed by atoms with E-state index < -0.39 is 17.5 Å². The molecule has 1 saturated heterocycles. The molecule has 1 aliphatic heterocycles. The van der Waals surface area contributed by atoms with Gasteiger partial charge in [-0.25, -0.2) is 9.78 Å². The monoisotopic (exact) mass is 424 g/mol. The Morgan fingerprint density at radius 2 is 1.94 bits per heavy atom. The second-order valence-corrected chi connectivity index (χ2v) is 9.28. The highest BCUT2D eigenvalue weighted by Gasteiger charge is 2.51. The number of hydrogen-bond acceptors (Lipinski definition) is 5. The molecule has 0 radical (unpaired) electrons. The minimum atomic E-state index is -0.843. The van der Waals surface area contributed by atoms with Crippen molar-refractivity contribution in [1.29, 1.82) is 0 Å². The predicted octanol–water partition coefficient (Wildman–Crippen LogP) is 2.76. The number of rotatable bonds is 4. The molecule has 0 unspecified atom stereocenters. The first-order valence-electron chi connectivity index (χ1n) is 10.7. The van der Waals surface area contributed by atoms with Gasteiger partial charge >= 0.3 is 6.03 Å². The molecule has 2 N–H and O–H groups in total. The smallest absolute Gasteiger partial charge is 0.323 e. The van der Waals surface area contributed by atoms with Crippen molar-refractivity contribution in [3.63, 3.8) is 0 Å². The van der Waals surface area contributed by atoms with E-state index in [9.17, 15) is 14.4 Å². The van der Waals surface area contributed by atoms with Gasteiger partial charge in [0.1, 0.15) is 17.9 Å². The Morgan fingerprint density at radius 3 is 2.58 bits per heavy atom. The van der Waals surface area contributed by atoms with Gasteiger partial charge in [0.05, 0.1) is 5.69 Å². The summed E-state index contributed by atoms with van der Waals surface area (Å²) in [5.74, 6) is 0.229. The molecular formula is C22H28N6O3. The van der Waals surface area contributed by atoms with Crippen molar-refractivity contribution in [3.8, 4) is 5.82 Å². The van der Waals surface area contributed by atoms with Gasteiger partial charge in [0.2, 0.25) is 5.91 Å². The van der Waals surface area contributed by atoms with Crippen LogP contribution in [0.1, 0.15) is 58.6 Å². The standard InChI is InChI=1S/C22H28N6O3/c1-21(2,3)15-13-17(28(26-15)16-9-5-8-12-23-16)24-18(29)14-27-19(30)22(25-20(27)31)10-6-4-7-11-22/h5,8-9,12-13H,4,6-7,10-11,14H2,1-3H3,(H,24,29)(H,25,31). The zero-order valence-corrected chi connectivity index (χ0v) is 18.1. The van der Waals surface area contributed by atoms with Crippen molar-refractivity contribution in [1.82, 2.24) is 25.0 Å². The van der Waals surface area contributed by atoms with Gasteiger partial charge in [-0.2, -0.15) is 9.78 Å². The molecule has 9 nitrogen and oxygen atoms in total. The Labute approximate surface area is 181 Å². The largest absolute Gasteiger partial charge is 0.325 e. The molecule has 0 bridgehead atoms. The van der Waals surface area contributed by atoms with Crippen LogP contribution in [-0.2, 0) is 15.0 Å². The molecule has 1 saturated carbocycles. The zero-order chi connectivity index (χ0) is 22.2. The van der Waals surface area contributed by atoms with E-state index in [1.54, 1.807) is 29.1 Å². The molecule has 1 spiro atoms. The van der Waals surface area contributed by atoms with Crippen molar-refractivity contribution in [2.24, 2.45) is 0 Å². The van der Waals surface area contributed by atoms with Crippen LogP contribution in [0.25, 0.3) is 5.82 Å². The first-order chi connectivity index (χ1) is 14.7. The number of nitrogens with one attached hydrogen (secondary N) is 2. The van der Waals surface area contributed by atoms with Crippen LogP contribution in [0.5, 0.6) is 0 Å². The van der Waals surface area contributed by atoms with Gasteiger partial charge < -0.3 is 10.6 Å². The topological polar surface area (TPSA) is 109 Å². The number of urea groups is 1. The van der Waals surface area contributed by atoms with Gasteiger partial charge in [0.25, 0.3) is 5.91 Å². The minimum absolute atomic E-state index is 0.238. The van der Waals surface area contributed by atoms with E-state index in [0.717, 1.165) is 29.9 Å². The van der Waals surface area contributed by atoms with E-state index in [1.807, 2.05) is 26.8 Å². The lowest BCUT2D eigenvalue weighted by Gasteiger charge is -2.30. The van der Waals surface area contributed by atoms with Crippen LogP contribution in [-0.4, -0.2) is 49.6 Å². The van der Waals surface area contributed by atoms with Crippen molar-refractivity contribution in [3.05, 3.63) is 36.2 Å². The molecule has 1 aliphatic carbocycles. The summed E-state index contributed by atoms with van der Waals surface area (Å²) in [6.07, 6.45) is 5.74. The maximum atomic E-state index is 12.9. The Kier molecular flexibility index (Phi) is 5.28. The summed E-state index contributed by atoms with van der Waals surface area (Å²) in [5, 5.41) is 10.3. The number of imide groups is 1. The number of hydrogen-bond donors (Lipinski definition) is 2. The third-order valence-corrected chi connectivity index (χ3v) is 5.87. The quantitative estimate of drug-likeness (QED) is 0.734. The van der Waals surface area contributed by atoms with Crippen LogP contribution in [0.15, 0.2) is 30.5 Å². The van der Waals surface area contributed by atoms with Crippen molar-refractivity contribution < 1.29 is 14.4 Å². The number of aromatic nitrogens is 3. The molecule has 2 aromatic rings. The summed E-state index contributed by atoms with van der Waals surface area (Å²) >= 11 is 0. The lowest BCUT2D eigenvalue weighted by atomic mass is 9.82. The molecule has 3 heterocycles. The van der Waals surface area contributed by atoms with Crippen LogP contribution in [0, 0.1) is 0 Å². The number of anilines is 1. The van der Waals surface area contributed by atoms with E-state index in [1.165, 1.54) is 0 Å².